The fourth-order valence-corrected chi connectivity index (χ4v) is 5.76. The van der Waals surface area contributed by atoms with E-state index in [0.717, 1.165) is 33.2 Å². The van der Waals surface area contributed by atoms with E-state index in [4.69, 9.17) is 0 Å². The van der Waals surface area contributed by atoms with Crippen molar-refractivity contribution in [3.63, 3.8) is 0 Å². The Bertz CT molecular complexity index is 2430. The molecule has 16 heteroatoms. The zero-order valence-corrected chi connectivity index (χ0v) is 29.0. The number of non-ortho nitro benzene ring substituents is 2. The largest absolute Gasteiger partial charge is 0.348 e. The lowest BCUT2D eigenvalue weighted by Gasteiger charge is -2.14. The molecular weight excluding hydrogens is 688 g/mol. The molecule has 4 heterocycles. The van der Waals surface area contributed by atoms with Crippen LogP contribution in [0.3, 0.4) is 0 Å². The summed E-state index contributed by atoms with van der Waals surface area (Å²) in [6, 6.07) is 31.9. The van der Waals surface area contributed by atoms with Gasteiger partial charge >= 0.3 is 0 Å². The zero-order valence-electron chi connectivity index (χ0n) is 29.0. The maximum atomic E-state index is 11.0. The average molecular weight is 721 g/mol. The molecule has 0 aliphatic carbocycles. The Hall–Kier alpha value is -7.62. The van der Waals surface area contributed by atoms with Gasteiger partial charge in [-0.3, -0.25) is 29.4 Å². The highest BCUT2D eigenvalue weighted by Crippen LogP contribution is 2.24. The molecular formula is C38H32N12O4. The van der Waals surface area contributed by atoms with Gasteiger partial charge in [0.1, 0.15) is 24.3 Å². The van der Waals surface area contributed by atoms with Crippen LogP contribution < -0.4 is 10.6 Å². The van der Waals surface area contributed by atoms with Crippen molar-refractivity contribution >= 4 is 45.3 Å². The highest BCUT2D eigenvalue weighted by Gasteiger charge is 2.15. The zero-order chi connectivity index (χ0) is 37.6. The number of hydrogen-bond donors (Lipinski definition) is 2. The van der Waals surface area contributed by atoms with Gasteiger partial charge in [-0.2, -0.15) is 9.97 Å². The number of para-hydroxylation sites is 4. The van der Waals surface area contributed by atoms with Crippen molar-refractivity contribution in [2.75, 3.05) is 10.6 Å². The van der Waals surface area contributed by atoms with Crippen molar-refractivity contribution in [2.24, 2.45) is 0 Å². The second kappa shape index (κ2) is 15.3. The number of benzene rings is 4. The molecule has 8 aromatic rings. The molecule has 0 aliphatic heterocycles. The monoisotopic (exact) mass is 720 g/mol. The fourth-order valence-electron chi connectivity index (χ4n) is 5.76. The van der Waals surface area contributed by atoms with E-state index in [-0.39, 0.29) is 23.5 Å². The fraction of sp³-hybridized carbons (Fsp3) is 0.105. The highest BCUT2D eigenvalue weighted by atomic mass is 16.6. The number of rotatable bonds is 10. The van der Waals surface area contributed by atoms with Crippen molar-refractivity contribution in [1.82, 2.24) is 39.0 Å². The number of nitro groups is 2. The maximum absolute atomic E-state index is 11.0. The minimum absolute atomic E-state index is 0.0562. The van der Waals surface area contributed by atoms with Crippen LogP contribution in [0.5, 0.6) is 0 Å². The van der Waals surface area contributed by atoms with Crippen LogP contribution in [0.1, 0.15) is 37.1 Å². The second-order valence-electron chi connectivity index (χ2n) is 12.1. The summed E-state index contributed by atoms with van der Waals surface area (Å²) in [5, 5.41) is 28.3. The number of nitrogens with one attached hydrogen (secondary N) is 2. The summed E-state index contributed by atoms with van der Waals surface area (Å²) in [5.74, 6) is 2.24. The summed E-state index contributed by atoms with van der Waals surface area (Å²) in [5.41, 5.74) is 5.35. The molecule has 2 atom stereocenters. The lowest BCUT2D eigenvalue weighted by Crippen LogP contribution is -2.11. The summed E-state index contributed by atoms with van der Waals surface area (Å²) in [6.45, 7) is 3.81. The van der Waals surface area contributed by atoms with E-state index in [9.17, 15) is 20.2 Å². The number of aromatic nitrogens is 8. The molecule has 0 amide bonds. The molecule has 0 aliphatic rings. The maximum Gasteiger partial charge on any atom is 0.269 e. The SMILES string of the molecule is C[C@@H](Nc1nccc(-n2cnc3ccccc32)n1)c1cccc([N+](=O)[O-])c1.C[C@H](Nc1nccc(-n2cnc3ccccc32)n1)c1cccc([N+](=O)[O-])c1. The van der Waals surface area contributed by atoms with Gasteiger partial charge in [-0.1, -0.05) is 48.5 Å². The van der Waals surface area contributed by atoms with Crippen LogP contribution in [0.4, 0.5) is 23.3 Å². The summed E-state index contributed by atoms with van der Waals surface area (Å²) < 4.78 is 3.78. The first-order valence-corrected chi connectivity index (χ1v) is 16.8. The number of hydrogen-bond acceptors (Lipinski definition) is 12. The molecule has 268 valence electrons. The molecule has 16 nitrogen and oxygen atoms in total. The van der Waals surface area contributed by atoms with Crippen LogP contribution in [0, 0.1) is 20.2 Å². The molecule has 0 fully saturated rings. The van der Waals surface area contributed by atoms with Crippen LogP contribution in [-0.2, 0) is 0 Å². The Labute approximate surface area is 307 Å². The number of anilines is 2. The van der Waals surface area contributed by atoms with E-state index in [2.05, 4.69) is 40.5 Å². The van der Waals surface area contributed by atoms with Crippen molar-refractivity contribution in [1.29, 1.82) is 0 Å². The Balaban J connectivity index is 0.000000167. The van der Waals surface area contributed by atoms with Crippen molar-refractivity contribution in [3.8, 4) is 11.6 Å². The number of nitrogens with zero attached hydrogens (tertiary/aromatic N) is 10. The van der Waals surface area contributed by atoms with E-state index in [1.807, 2.05) is 83.6 Å². The van der Waals surface area contributed by atoms with Gasteiger partial charge in [0.25, 0.3) is 11.4 Å². The van der Waals surface area contributed by atoms with E-state index < -0.39 is 9.85 Å². The van der Waals surface area contributed by atoms with E-state index in [1.165, 1.54) is 12.1 Å². The first-order chi connectivity index (χ1) is 26.2. The number of fused-ring (bicyclic) bond motifs is 2. The van der Waals surface area contributed by atoms with Gasteiger partial charge in [-0.05, 0) is 61.4 Å². The van der Waals surface area contributed by atoms with Gasteiger partial charge < -0.3 is 10.6 Å². The Kier molecular flexibility index (Phi) is 9.88. The van der Waals surface area contributed by atoms with Crippen LogP contribution in [0.25, 0.3) is 33.7 Å². The molecule has 0 unspecified atom stereocenters. The minimum atomic E-state index is -0.405. The number of imidazole rings is 2. The number of nitro benzene ring substituents is 2. The normalized spacial score (nSPS) is 12.0. The van der Waals surface area contributed by atoms with Crippen LogP contribution in [0.15, 0.2) is 134 Å². The predicted molar refractivity (Wildman–Crippen MR) is 204 cm³/mol. The second-order valence-corrected chi connectivity index (χ2v) is 12.1. The van der Waals surface area contributed by atoms with Crippen LogP contribution in [-0.4, -0.2) is 48.9 Å². The summed E-state index contributed by atoms with van der Waals surface area (Å²) in [6.07, 6.45) is 6.78. The standard InChI is InChI=1S/2C19H16N6O2/c2*1-13(14-5-4-6-15(11-14)25(26)27)22-19-20-10-9-18(23-19)24-12-21-16-7-2-3-8-17(16)24/h2*2-13H,1H3,(H,20,22,23)/t2*13-/m10/s1. The van der Waals surface area contributed by atoms with Gasteiger partial charge in [-0.25, -0.2) is 19.9 Å². The van der Waals surface area contributed by atoms with Crippen LogP contribution >= 0.6 is 0 Å². The first kappa shape index (κ1) is 34.8. The molecule has 4 aromatic heterocycles. The van der Waals surface area contributed by atoms with Gasteiger partial charge in [-0.15, -0.1) is 0 Å². The van der Waals surface area contributed by atoms with Gasteiger partial charge in [0.05, 0.1) is 44.0 Å². The van der Waals surface area contributed by atoms with E-state index in [1.54, 1.807) is 61.4 Å². The van der Waals surface area contributed by atoms with Crippen molar-refractivity contribution in [3.05, 3.63) is 166 Å². The molecule has 0 spiro atoms. The Morgan fingerprint density at radius 3 is 1.41 bits per heavy atom. The smallest absolute Gasteiger partial charge is 0.269 e. The van der Waals surface area contributed by atoms with E-state index in [0.29, 0.717) is 23.5 Å². The summed E-state index contributed by atoms with van der Waals surface area (Å²) in [4.78, 5) is 47.5. The van der Waals surface area contributed by atoms with Crippen molar-refractivity contribution < 1.29 is 9.85 Å². The predicted octanol–water partition coefficient (Wildman–Crippen LogP) is 7.79. The lowest BCUT2D eigenvalue weighted by atomic mass is 10.1. The van der Waals surface area contributed by atoms with Crippen molar-refractivity contribution in [2.45, 2.75) is 25.9 Å². The third-order valence-corrected chi connectivity index (χ3v) is 8.54. The first-order valence-electron chi connectivity index (χ1n) is 16.8. The third kappa shape index (κ3) is 7.67. The Morgan fingerprint density at radius 1 is 0.556 bits per heavy atom. The molecule has 4 aromatic carbocycles. The average Bonchev–Trinajstić information content (AvgIpc) is 3.84. The molecule has 0 radical (unpaired) electrons. The molecule has 0 bridgehead atoms. The van der Waals surface area contributed by atoms with Crippen LogP contribution in [0.2, 0.25) is 0 Å². The van der Waals surface area contributed by atoms with E-state index >= 15 is 0 Å². The molecule has 0 saturated heterocycles. The topological polar surface area (TPSA) is 198 Å². The lowest BCUT2D eigenvalue weighted by molar-refractivity contribution is -0.385. The van der Waals surface area contributed by atoms with Gasteiger partial charge in [0.15, 0.2) is 0 Å². The Morgan fingerprint density at radius 2 is 0.981 bits per heavy atom. The van der Waals surface area contributed by atoms with Gasteiger partial charge in [0, 0.05) is 36.7 Å². The minimum Gasteiger partial charge on any atom is -0.348 e. The van der Waals surface area contributed by atoms with Gasteiger partial charge in [0.2, 0.25) is 11.9 Å². The molecule has 0 saturated carbocycles. The third-order valence-electron chi connectivity index (χ3n) is 8.54. The summed E-state index contributed by atoms with van der Waals surface area (Å²) >= 11 is 0. The highest BCUT2D eigenvalue weighted by molar-refractivity contribution is 5.77. The molecule has 2 N–H and O–H groups in total. The quantitative estimate of drug-likeness (QED) is 0.103. The molecule has 54 heavy (non-hydrogen) atoms. The summed E-state index contributed by atoms with van der Waals surface area (Å²) in [7, 11) is 0. The molecule has 8 rings (SSSR count).